The van der Waals surface area contributed by atoms with Gasteiger partial charge >= 0.3 is 0 Å². The van der Waals surface area contributed by atoms with E-state index in [0.717, 1.165) is 0 Å². The van der Waals surface area contributed by atoms with Crippen molar-refractivity contribution in [1.82, 2.24) is 4.40 Å². The van der Waals surface area contributed by atoms with Crippen LogP contribution in [0.5, 0.6) is 0 Å². The largest absolute Gasteiger partial charge is 1.00 e. The second-order valence-corrected chi connectivity index (χ2v) is 4.24. The topological polar surface area (TPSA) is 8.51 Å². The van der Waals surface area contributed by atoms with Gasteiger partial charge in [-0.25, -0.2) is 0 Å². The summed E-state index contributed by atoms with van der Waals surface area (Å²) in [4.78, 5) is 0. The number of hydrogen-bond acceptors (Lipinski definition) is 0. The van der Waals surface area contributed by atoms with Crippen LogP contribution in [0, 0.1) is 0 Å². The van der Waals surface area contributed by atoms with E-state index in [4.69, 9.17) is 0 Å². The lowest BCUT2D eigenvalue weighted by Crippen LogP contribution is -3.00. The van der Waals surface area contributed by atoms with Gasteiger partial charge < -0.3 is 24.0 Å². The van der Waals surface area contributed by atoms with Crippen molar-refractivity contribution >= 4 is 22.1 Å². The summed E-state index contributed by atoms with van der Waals surface area (Å²) in [7, 11) is 0. The van der Waals surface area contributed by atoms with E-state index in [9.17, 15) is 0 Å². The molecule has 0 spiro atoms. The van der Waals surface area contributed by atoms with Crippen molar-refractivity contribution in [2.24, 2.45) is 0 Å². The smallest absolute Gasteiger partial charge is 0.291 e. The maximum absolute atomic E-state index is 2.24. The quantitative estimate of drug-likeness (QED) is 0.309. The molecule has 0 fully saturated rings. The van der Waals surface area contributed by atoms with Crippen molar-refractivity contribution < 1.29 is 28.4 Å². The lowest BCUT2D eigenvalue weighted by molar-refractivity contribution is -0.479. The monoisotopic (exact) mass is 346 g/mol. The highest BCUT2D eigenvalue weighted by atomic mass is 127. The van der Waals surface area contributed by atoms with Crippen molar-refractivity contribution in [2.45, 2.75) is 0 Å². The van der Waals surface area contributed by atoms with Crippen LogP contribution < -0.4 is 28.4 Å². The Balaban J connectivity index is 0.000001000. The Morgan fingerprint density at radius 1 is 0.833 bits per heavy atom. The van der Waals surface area contributed by atoms with Crippen molar-refractivity contribution in [3.63, 3.8) is 0 Å². The van der Waals surface area contributed by atoms with E-state index >= 15 is 0 Å². The average Bonchev–Trinajstić information content (AvgIpc) is 2.78. The molecular formula is C15H11IN2. The highest BCUT2D eigenvalue weighted by Crippen LogP contribution is 2.13. The Bertz CT molecular complexity index is 849. The second-order valence-electron chi connectivity index (χ2n) is 4.24. The van der Waals surface area contributed by atoms with Gasteiger partial charge in [-0.3, -0.25) is 0 Å². The Kier molecular flexibility index (Phi) is 2.70. The minimum atomic E-state index is 0. The molecule has 3 aromatic heterocycles. The molecular weight excluding hydrogens is 335 g/mol. The summed E-state index contributed by atoms with van der Waals surface area (Å²) in [5.74, 6) is 0. The third-order valence-electron chi connectivity index (χ3n) is 3.25. The summed E-state index contributed by atoms with van der Waals surface area (Å²) in [6.07, 6.45) is 4.27. The van der Waals surface area contributed by atoms with Crippen molar-refractivity contribution in [3.05, 3.63) is 67.0 Å². The fraction of sp³-hybridized carbons (Fsp3) is 0. The van der Waals surface area contributed by atoms with Crippen LogP contribution >= 0.6 is 0 Å². The average molecular weight is 346 g/mol. The molecule has 1 aromatic carbocycles. The molecule has 0 saturated carbocycles. The molecule has 4 rings (SSSR count). The molecule has 0 aliphatic carbocycles. The molecule has 0 amide bonds. The normalized spacial score (nSPS) is 10.9. The number of halogens is 1. The van der Waals surface area contributed by atoms with Crippen LogP contribution in [0.15, 0.2) is 67.0 Å². The molecule has 88 valence electrons. The molecule has 2 nitrogen and oxygen atoms in total. The number of para-hydroxylation sites is 1. The van der Waals surface area contributed by atoms with Crippen LogP contribution in [-0.2, 0) is 0 Å². The highest BCUT2D eigenvalue weighted by Gasteiger charge is 2.12. The van der Waals surface area contributed by atoms with E-state index in [1.807, 2.05) is 0 Å². The highest BCUT2D eigenvalue weighted by molar-refractivity contribution is 5.77. The van der Waals surface area contributed by atoms with E-state index in [2.05, 4.69) is 75.8 Å². The van der Waals surface area contributed by atoms with E-state index in [1.165, 1.54) is 22.1 Å². The maximum Gasteiger partial charge on any atom is 0.291 e. The fourth-order valence-corrected chi connectivity index (χ4v) is 2.45. The van der Waals surface area contributed by atoms with Crippen LogP contribution in [0.2, 0.25) is 0 Å². The van der Waals surface area contributed by atoms with Gasteiger partial charge in [0, 0.05) is 11.5 Å². The summed E-state index contributed by atoms with van der Waals surface area (Å²) in [6, 6.07) is 19.0. The minimum Gasteiger partial charge on any atom is -1.00 e. The predicted octanol–water partition coefficient (Wildman–Crippen LogP) is -0.165. The molecule has 0 saturated heterocycles. The zero-order chi connectivity index (χ0) is 11.2. The summed E-state index contributed by atoms with van der Waals surface area (Å²) in [6.45, 7) is 0. The maximum atomic E-state index is 2.24. The number of hydrogen-bond donors (Lipinski definition) is 0. The van der Waals surface area contributed by atoms with Gasteiger partial charge in [-0.15, -0.1) is 0 Å². The first-order chi connectivity index (χ1) is 8.43. The molecule has 3 heteroatoms. The second kappa shape index (κ2) is 4.24. The van der Waals surface area contributed by atoms with E-state index in [-0.39, 0.29) is 24.0 Å². The number of pyridine rings is 2. The van der Waals surface area contributed by atoms with Gasteiger partial charge in [-0.2, -0.15) is 8.80 Å². The lowest BCUT2D eigenvalue weighted by Gasteiger charge is -1.94. The summed E-state index contributed by atoms with van der Waals surface area (Å²) < 4.78 is 4.44. The Hall–Kier alpha value is -1.62. The van der Waals surface area contributed by atoms with Gasteiger partial charge in [-0.05, 0) is 24.3 Å². The van der Waals surface area contributed by atoms with Crippen molar-refractivity contribution in [1.29, 1.82) is 0 Å². The molecule has 4 aromatic rings. The number of nitrogens with zero attached hydrogens (tertiary/aromatic N) is 2. The number of fused-ring (bicyclic) bond motifs is 5. The van der Waals surface area contributed by atoms with Gasteiger partial charge in [0.05, 0.1) is 6.20 Å². The van der Waals surface area contributed by atoms with Gasteiger partial charge in [0.2, 0.25) is 0 Å². The fourth-order valence-electron chi connectivity index (χ4n) is 2.45. The zero-order valence-electron chi connectivity index (χ0n) is 9.62. The first-order valence-corrected chi connectivity index (χ1v) is 5.73. The minimum absolute atomic E-state index is 0. The molecule has 0 unspecified atom stereocenters. The van der Waals surface area contributed by atoms with E-state index < -0.39 is 0 Å². The Morgan fingerprint density at radius 3 is 2.61 bits per heavy atom. The number of benzene rings is 1. The third-order valence-corrected chi connectivity index (χ3v) is 3.25. The van der Waals surface area contributed by atoms with E-state index in [0.29, 0.717) is 0 Å². The Labute approximate surface area is 122 Å². The van der Waals surface area contributed by atoms with Crippen LogP contribution in [-0.4, -0.2) is 4.40 Å². The van der Waals surface area contributed by atoms with E-state index in [1.54, 1.807) is 0 Å². The van der Waals surface area contributed by atoms with Crippen LogP contribution in [0.25, 0.3) is 22.1 Å². The molecule has 0 radical (unpaired) electrons. The third kappa shape index (κ3) is 1.50. The number of imidazole rings is 1. The summed E-state index contributed by atoms with van der Waals surface area (Å²) >= 11 is 0. The van der Waals surface area contributed by atoms with Gasteiger partial charge in [0.15, 0.2) is 5.52 Å². The van der Waals surface area contributed by atoms with Crippen molar-refractivity contribution in [3.8, 4) is 0 Å². The molecule has 0 N–H and O–H groups in total. The van der Waals surface area contributed by atoms with Crippen molar-refractivity contribution in [2.75, 3.05) is 0 Å². The van der Waals surface area contributed by atoms with Crippen LogP contribution in [0.4, 0.5) is 0 Å². The first-order valence-electron chi connectivity index (χ1n) is 5.73. The molecule has 0 atom stereocenters. The molecule has 0 aliphatic rings. The zero-order valence-corrected chi connectivity index (χ0v) is 11.8. The predicted molar refractivity (Wildman–Crippen MR) is 68.1 cm³/mol. The first kappa shape index (κ1) is 11.5. The molecule has 0 bridgehead atoms. The van der Waals surface area contributed by atoms with Gasteiger partial charge in [0.25, 0.3) is 5.65 Å². The van der Waals surface area contributed by atoms with Crippen LogP contribution in [0.3, 0.4) is 0 Å². The van der Waals surface area contributed by atoms with Gasteiger partial charge in [-0.1, -0.05) is 24.3 Å². The number of rotatable bonds is 0. The molecule has 0 aliphatic heterocycles. The SMILES string of the molecule is [I-].c1ccc2c(c1)ccc1n3ccccc3c[n+]21. The lowest BCUT2D eigenvalue weighted by atomic mass is 10.2. The van der Waals surface area contributed by atoms with Gasteiger partial charge in [0.1, 0.15) is 11.7 Å². The standard InChI is InChI=1S/C15H11N2.HI/c1-2-7-14-12(5-1)8-9-15-16-10-4-3-6-13(16)11-17(14)15;/h1-11H;1H/q+1;/p-1. The molecule has 18 heavy (non-hydrogen) atoms. The Morgan fingerprint density at radius 2 is 1.67 bits per heavy atom. The summed E-state index contributed by atoms with van der Waals surface area (Å²) in [5, 5.41) is 1.26. The van der Waals surface area contributed by atoms with Crippen LogP contribution in [0.1, 0.15) is 0 Å². The number of aromatic nitrogens is 2. The molecule has 3 heterocycles. The summed E-state index contributed by atoms with van der Waals surface area (Å²) in [5.41, 5.74) is 3.65.